The summed E-state index contributed by atoms with van der Waals surface area (Å²) in [6.07, 6.45) is 2.97. The molecule has 0 saturated heterocycles. The molecule has 2 heteroatoms. The summed E-state index contributed by atoms with van der Waals surface area (Å²) in [7, 11) is 0. The molecule has 1 N–H and O–H groups in total. The molecule has 0 bridgehead atoms. The molecule has 19 heavy (non-hydrogen) atoms. The summed E-state index contributed by atoms with van der Waals surface area (Å²) in [5.41, 5.74) is 4.86. The van der Waals surface area contributed by atoms with Gasteiger partial charge in [0, 0.05) is 12.7 Å². The Bertz CT molecular complexity index is 515. The van der Waals surface area contributed by atoms with Gasteiger partial charge in [-0.05, 0) is 42.5 Å². The first-order valence-electron chi connectivity index (χ1n) is 6.88. The average molecular weight is 254 g/mol. The van der Waals surface area contributed by atoms with E-state index in [-0.39, 0.29) is 0 Å². The third-order valence-electron chi connectivity index (χ3n) is 3.16. The predicted octanol–water partition coefficient (Wildman–Crippen LogP) is 4.20. The fourth-order valence-corrected chi connectivity index (χ4v) is 2.13. The van der Waals surface area contributed by atoms with E-state index in [0.717, 1.165) is 24.3 Å². The van der Waals surface area contributed by atoms with E-state index in [0.29, 0.717) is 5.92 Å². The third kappa shape index (κ3) is 4.09. The van der Waals surface area contributed by atoms with Crippen LogP contribution in [0.3, 0.4) is 0 Å². The lowest BCUT2D eigenvalue weighted by atomic mass is 10.0. The zero-order valence-corrected chi connectivity index (χ0v) is 12.0. The minimum Gasteiger partial charge on any atom is -0.380 e. The van der Waals surface area contributed by atoms with Gasteiger partial charge in [0.2, 0.25) is 0 Å². The molecule has 2 nitrogen and oxygen atoms in total. The summed E-state index contributed by atoms with van der Waals surface area (Å²) in [5, 5.41) is 3.43. The maximum Gasteiger partial charge on any atom is 0.0603 e. The zero-order valence-electron chi connectivity index (χ0n) is 12.0. The van der Waals surface area contributed by atoms with Crippen molar-refractivity contribution >= 4 is 5.69 Å². The van der Waals surface area contributed by atoms with Gasteiger partial charge in [-0.3, -0.25) is 4.98 Å². The Kier molecular flexibility index (Phi) is 4.56. The monoisotopic (exact) mass is 254 g/mol. The number of nitrogens with zero attached hydrogens (tertiary/aromatic N) is 1. The highest BCUT2D eigenvalue weighted by Gasteiger charge is 2.00. The first kappa shape index (κ1) is 13.6. The van der Waals surface area contributed by atoms with E-state index in [9.17, 15) is 0 Å². The second kappa shape index (κ2) is 6.37. The summed E-state index contributed by atoms with van der Waals surface area (Å²) < 4.78 is 0. The third-order valence-corrected chi connectivity index (χ3v) is 3.16. The first-order chi connectivity index (χ1) is 9.15. The van der Waals surface area contributed by atoms with Gasteiger partial charge in [0.25, 0.3) is 0 Å². The summed E-state index contributed by atoms with van der Waals surface area (Å²) in [4.78, 5) is 4.28. The molecule has 100 valence electrons. The molecular formula is C17H22N2. The summed E-state index contributed by atoms with van der Waals surface area (Å²) >= 11 is 0. The number of anilines is 1. The highest BCUT2D eigenvalue weighted by molar-refractivity contribution is 5.47. The maximum absolute atomic E-state index is 4.28. The number of pyridine rings is 1. The molecule has 0 unspecified atom stereocenters. The van der Waals surface area contributed by atoms with Crippen molar-refractivity contribution in [3.05, 3.63) is 59.4 Å². The lowest BCUT2D eigenvalue weighted by molar-refractivity contribution is 0.647. The molecule has 1 heterocycles. The van der Waals surface area contributed by atoms with Gasteiger partial charge in [0.15, 0.2) is 0 Å². The molecule has 2 aromatic rings. The predicted molar refractivity (Wildman–Crippen MR) is 81.3 cm³/mol. The van der Waals surface area contributed by atoms with Gasteiger partial charge in [-0.25, -0.2) is 0 Å². The summed E-state index contributed by atoms with van der Waals surface area (Å²) in [6, 6.07) is 12.9. The van der Waals surface area contributed by atoms with Gasteiger partial charge >= 0.3 is 0 Å². The lowest BCUT2D eigenvalue weighted by Gasteiger charge is -2.10. The number of aromatic nitrogens is 1. The van der Waals surface area contributed by atoms with Gasteiger partial charge in [-0.15, -0.1) is 0 Å². The Labute approximate surface area is 115 Å². The van der Waals surface area contributed by atoms with Crippen molar-refractivity contribution < 1.29 is 0 Å². The van der Waals surface area contributed by atoms with Crippen LogP contribution in [0.5, 0.6) is 0 Å². The number of nitrogens with one attached hydrogen (secondary N) is 1. The Morgan fingerprint density at radius 1 is 1.05 bits per heavy atom. The number of hydrogen-bond donors (Lipinski definition) is 1. The quantitative estimate of drug-likeness (QED) is 0.865. The van der Waals surface area contributed by atoms with Crippen molar-refractivity contribution in [1.29, 1.82) is 0 Å². The van der Waals surface area contributed by atoms with Crippen LogP contribution in [0.2, 0.25) is 0 Å². The Balaban J connectivity index is 1.95. The molecule has 0 aliphatic rings. The number of hydrogen-bond acceptors (Lipinski definition) is 2. The van der Waals surface area contributed by atoms with E-state index in [2.05, 4.69) is 54.5 Å². The van der Waals surface area contributed by atoms with Crippen LogP contribution in [0, 0.1) is 12.8 Å². The van der Waals surface area contributed by atoms with Crippen molar-refractivity contribution in [1.82, 2.24) is 4.98 Å². The second-order valence-electron chi connectivity index (χ2n) is 5.40. The van der Waals surface area contributed by atoms with Crippen LogP contribution in [-0.2, 0) is 13.0 Å². The van der Waals surface area contributed by atoms with Gasteiger partial charge in [0.05, 0.1) is 11.4 Å². The molecule has 1 aromatic carbocycles. The molecule has 0 radical (unpaired) electrons. The van der Waals surface area contributed by atoms with Crippen LogP contribution in [0.1, 0.15) is 30.7 Å². The van der Waals surface area contributed by atoms with Crippen LogP contribution in [0.25, 0.3) is 0 Å². The molecule has 1 aromatic heterocycles. The molecule has 2 rings (SSSR count). The van der Waals surface area contributed by atoms with Crippen molar-refractivity contribution in [2.45, 2.75) is 33.7 Å². The standard InChI is InChI=1S/C17H22N2/c1-13(2)11-15-6-8-16(9-7-15)12-19-17-5-4-10-18-14(17)3/h4-10,13,19H,11-12H2,1-3H3. The minimum absolute atomic E-state index is 0.710. The van der Waals surface area contributed by atoms with E-state index >= 15 is 0 Å². The summed E-state index contributed by atoms with van der Waals surface area (Å²) in [5.74, 6) is 0.710. The first-order valence-corrected chi connectivity index (χ1v) is 6.88. The summed E-state index contributed by atoms with van der Waals surface area (Å²) in [6.45, 7) is 7.36. The minimum atomic E-state index is 0.710. The van der Waals surface area contributed by atoms with Crippen LogP contribution >= 0.6 is 0 Å². The topological polar surface area (TPSA) is 24.9 Å². The fourth-order valence-electron chi connectivity index (χ4n) is 2.13. The Morgan fingerprint density at radius 3 is 2.37 bits per heavy atom. The van der Waals surface area contributed by atoms with Crippen molar-refractivity contribution in [2.75, 3.05) is 5.32 Å². The van der Waals surface area contributed by atoms with E-state index in [4.69, 9.17) is 0 Å². The van der Waals surface area contributed by atoms with Crippen LogP contribution in [0.4, 0.5) is 5.69 Å². The Morgan fingerprint density at radius 2 is 1.74 bits per heavy atom. The van der Waals surface area contributed by atoms with E-state index < -0.39 is 0 Å². The van der Waals surface area contributed by atoms with Gasteiger partial charge < -0.3 is 5.32 Å². The number of rotatable bonds is 5. The van der Waals surface area contributed by atoms with Crippen molar-refractivity contribution in [3.8, 4) is 0 Å². The van der Waals surface area contributed by atoms with Crippen LogP contribution in [-0.4, -0.2) is 4.98 Å². The molecule has 0 aliphatic heterocycles. The number of benzene rings is 1. The number of aryl methyl sites for hydroxylation is 1. The van der Waals surface area contributed by atoms with E-state index in [1.165, 1.54) is 11.1 Å². The molecule has 0 atom stereocenters. The van der Waals surface area contributed by atoms with Crippen molar-refractivity contribution in [2.24, 2.45) is 5.92 Å². The van der Waals surface area contributed by atoms with E-state index in [1.54, 1.807) is 0 Å². The molecule has 0 fully saturated rings. The SMILES string of the molecule is Cc1ncccc1NCc1ccc(CC(C)C)cc1. The normalized spacial score (nSPS) is 10.7. The molecule has 0 saturated carbocycles. The molecule has 0 spiro atoms. The van der Waals surface area contributed by atoms with Crippen molar-refractivity contribution in [3.63, 3.8) is 0 Å². The Hall–Kier alpha value is -1.83. The molecule has 0 amide bonds. The average Bonchev–Trinajstić information content (AvgIpc) is 2.39. The highest BCUT2D eigenvalue weighted by Crippen LogP contribution is 2.14. The molecular weight excluding hydrogens is 232 g/mol. The van der Waals surface area contributed by atoms with Gasteiger partial charge in [-0.2, -0.15) is 0 Å². The fraction of sp³-hybridized carbons (Fsp3) is 0.353. The largest absolute Gasteiger partial charge is 0.380 e. The van der Waals surface area contributed by atoms with Crippen LogP contribution < -0.4 is 5.32 Å². The smallest absolute Gasteiger partial charge is 0.0603 e. The molecule has 0 aliphatic carbocycles. The second-order valence-corrected chi connectivity index (χ2v) is 5.40. The van der Waals surface area contributed by atoms with Crippen LogP contribution in [0.15, 0.2) is 42.6 Å². The lowest BCUT2D eigenvalue weighted by Crippen LogP contribution is -2.02. The highest BCUT2D eigenvalue weighted by atomic mass is 14.9. The van der Waals surface area contributed by atoms with Gasteiger partial charge in [0.1, 0.15) is 0 Å². The van der Waals surface area contributed by atoms with Gasteiger partial charge in [-0.1, -0.05) is 38.1 Å². The maximum atomic E-state index is 4.28. The van der Waals surface area contributed by atoms with E-state index in [1.807, 2.05) is 19.2 Å². The zero-order chi connectivity index (χ0) is 13.7.